The molecule has 0 bridgehead atoms. The molecule has 0 radical (unpaired) electrons. The van der Waals surface area contributed by atoms with Crippen molar-refractivity contribution in [1.29, 1.82) is 0 Å². The number of carbonyl (C=O) groups excluding carboxylic acids is 1. The molecule has 1 N–H and O–H groups in total. The average Bonchev–Trinajstić information content (AvgIpc) is 3.12. The summed E-state index contributed by atoms with van der Waals surface area (Å²) < 4.78 is 37.3. The topological polar surface area (TPSA) is 64.6 Å². The van der Waals surface area contributed by atoms with Crippen LogP contribution in [-0.4, -0.2) is 27.0 Å². The third-order valence-electron chi connectivity index (χ3n) is 5.96. The fraction of sp³-hybridized carbons (Fsp3) is 0.444. The third kappa shape index (κ3) is 5.63. The van der Waals surface area contributed by atoms with E-state index in [0.717, 1.165) is 5.56 Å². The van der Waals surface area contributed by atoms with Crippen molar-refractivity contribution in [2.24, 2.45) is 0 Å². The van der Waals surface area contributed by atoms with E-state index in [1.807, 2.05) is 51.1 Å². The first-order valence-corrected chi connectivity index (χ1v) is 14.0. The molecule has 9 heteroatoms. The third-order valence-corrected chi connectivity index (χ3v) is 9.04. The zero-order valence-electron chi connectivity index (χ0n) is 21.5. The number of benzene rings is 2. The summed E-state index contributed by atoms with van der Waals surface area (Å²) in [5.74, 6) is -0.661. The molecule has 2 aromatic rings. The Morgan fingerprint density at radius 1 is 1.33 bits per heavy atom. The molecule has 0 fully saturated rings. The van der Waals surface area contributed by atoms with Crippen LogP contribution in [-0.2, 0) is 28.1 Å². The van der Waals surface area contributed by atoms with Crippen LogP contribution < -0.4 is 9.62 Å². The monoisotopic (exact) mass is 598 g/mol. The van der Waals surface area contributed by atoms with Crippen molar-refractivity contribution in [2.45, 2.75) is 76.3 Å². The molecule has 3 rings (SSSR count). The number of hydrogen-bond acceptors (Lipinski definition) is 4. The number of rotatable bonds is 6. The molecule has 0 unspecified atom stereocenters. The van der Waals surface area contributed by atoms with Crippen molar-refractivity contribution >= 4 is 50.7 Å². The normalized spacial score (nSPS) is 19.6. The number of nitrogens with zero attached hydrogens (tertiary/aromatic N) is 1. The van der Waals surface area contributed by atoms with Crippen LogP contribution in [0.1, 0.15) is 59.1 Å². The van der Waals surface area contributed by atoms with Gasteiger partial charge < -0.3 is 9.29 Å². The van der Waals surface area contributed by atoms with E-state index in [1.165, 1.54) is 11.0 Å². The highest BCUT2D eigenvalue weighted by atomic mass is 79.9. The number of amides is 1. The van der Waals surface area contributed by atoms with E-state index in [9.17, 15) is 13.7 Å². The van der Waals surface area contributed by atoms with Crippen LogP contribution in [0.4, 0.5) is 14.9 Å². The summed E-state index contributed by atoms with van der Waals surface area (Å²) in [4.78, 5) is 15.4. The summed E-state index contributed by atoms with van der Waals surface area (Å²) in [6, 6.07) is 10.2. The summed E-state index contributed by atoms with van der Waals surface area (Å²) in [7, 11) is 0. The van der Waals surface area contributed by atoms with Crippen LogP contribution in [0.2, 0.25) is 5.02 Å². The Morgan fingerprint density at radius 2 is 1.94 bits per heavy atom. The van der Waals surface area contributed by atoms with E-state index in [4.69, 9.17) is 16.3 Å². The number of carbonyl (C=O) groups is 1. The van der Waals surface area contributed by atoms with Gasteiger partial charge in [0.05, 0.1) is 16.8 Å². The Kier molecular flexibility index (Phi) is 8.58. The fourth-order valence-electron chi connectivity index (χ4n) is 4.37. The maximum atomic E-state index is 15.0. The molecule has 196 valence electrons. The van der Waals surface area contributed by atoms with Crippen LogP contribution in [0.25, 0.3) is 0 Å². The van der Waals surface area contributed by atoms with Crippen molar-refractivity contribution in [3.63, 3.8) is 0 Å². The molecule has 36 heavy (non-hydrogen) atoms. The van der Waals surface area contributed by atoms with Gasteiger partial charge in [-0.15, -0.1) is 11.3 Å². The minimum atomic E-state index is -1.48. The second-order valence-corrected chi connectivity index (χ2v) is 14.0. The molecular weight excluding hydrogens is 567 g/mol. The summed E-state index contributed by atoms with van der Waals surface area (Å²) >= 11 is 8.27. The van der Waals surface area contributed by atoms with E-state index < -0.39 is 45.2 Å². The zero-order valence-corrected chi connectivity index (χ0v) is 24.6. The number of nitrogens with one attached hydrogen (secondary N) is 1. The highest BCUT2D eigenvalue weighted by Crippen LogP contribution is 2.52. The molecule has 5 nitrogen and oxygen atoms in total. The minimum Gasteiger partial charge on any atom is -0.598 e. The Balaban J connectivity index is 2.36. The highest BCUT2D eigenvalue weighted by molar-refractivity contribution is 9.10. The van der Waals surface area contributed by atoms with E-state index >= 15 is 0 Å². The van der Waals surface area contributed by atoms with E-state index in [2.05, 4.69) is 27.2 Å². The molecule has 0 saturated heterocycles. The van der Waals surface area contributed by atoms with Crippen molar-refractivity contribution in [3.05, 3.63) is 75.5 Å². The number of hydrogen-bond donors (Lipinski definition) is 1. The van der Waals surface area contributed by atoms with Crippen molar-refractivity contribution in [3.8, 4) is 0 Å². The molecule has 1 aliphatic rings. The zero-order chi connectivity index (χ0) is 27.1. The lowest BCUT2D eigenvalue weighted by molar-refractivity contribution is 0.0526. The van der Waals surface area contributed by atoms with Gasteiger partial charge in [0.15, 0.2) is 0 Å². The van der Waals surface area contributed by atoms with Crippen LogP contribution in [0.5, 0.6) is 0 Å². The molecule has 0 saturated carbocycles. The number of anilines is 1. The number of halogens is 3. The first-order valence-electron chi connectivity index (χ1n) is 11.7. The summed E-state index contributed by atoms with van der Waals surface area (Å²) in [5, 5.41) is -0.0618. The molecule has 0 spiro atoms. The predicted molar refractivity (Wildman–Crippen MR) is 149 cm³/mol. The fourth-order valence-corrected chi connectivity index (χ4v) is 5.98. The quantitative estimate of drug-likeness (QED) is 0.213. The maximum Gasteiger partial charge on any atom is 0.415 e. The summed E-state index contributed by atoms with van der Waals surface area (Å²) in [5.41, 5.74) is -0.144. The molecular formula is C27H33BrClFN2O3S. The van der Waals surface area contributed by atoms with Crippen LogP contribution >= 0.6 is 27.5 Å². The Morgan fingerprint density at radius 3 is 2.47 bits per heavy atom. The van der Waals surface area contributed by atoms with Gasteiger partial charge in [0.25, 0.3) is 0 Å². The van der Waals surface area contributed by atoms with Gasteiger partial charge in [-0.2, -0.15) is 0 Å². The van der Waals surface area contributed by atoms with Crippen LogP contribution in [0.15, 0.2) is 53.5 Å². The lowest BCUT2D eigenvalue weighted by Gasteiger charge is -2.45. The van der Waals surface area contributed by atoms with Gasteiger partial charge in [-0.3, -0.25) is 4.90 Å². The summed E-state index contributed by atoms with van der Waals surface area (Å²) in [6.07, 6.45) is 1.73. The molecule has 1 aliphatic heterocycles. The van der Waals surface area contributed by atoms with Gasteiger partial charge in [0, 0.05) is 22.3 Å². The number of fused-ring (bicyclic) bond motifs is 1. The predicted octanol–water partition coefficient (Wildman–Crippen LogP) is 7.43. The largest absolute Gasteiger partial charge is 0.598 e. The number of ether oxygens (including phenoxy) is 1. The average molecular weight is 600 g/mol. The van der Waals surface area contributed by atoms with Gasteiger partial charge in [-0.1, -0.05) is 48.0 Å². The molecule has 1 heterocycles. The lowest BCUT2D eigenvalue weighted by atomic mass is 9.78. The van der Waals surface area contributed by atoms with Gasteiger partial charge in [0.1, 0.15) is 21.7 Å². The van der Waals surface area contributed by atoms with Crippen molar-refractivity contribution in [1.82, 2.24) is 4.72 Å². The Hall–Kier alpha value is -1.58. The van der Waals surface area contributed by atoms with Gasteiger partial charge in [-0.05, 0) is 81.1 Å². The lowest BCUT2D eigenvalue weighted by Crippen LogP contribution is -2.62. The Labute approximate surface area is 229 Å². The molecule has 1 amide bonds. The van der Waals surface area contributed by atoms with Crippen LogP contribution in [0.3, 0.4) is 0 Å². The molecule has 0 aliphatic carbocycles. The molecule has 2 aromatic carbocycles. The first-order chi connectivity index (χ1) is 16.6. The Bertz CT molecular complexity index is 1140. The minimum absolute atomic E-state index is 0.0618. The van der Waals surface area contributed by atoms with E-state index in [-0.39, 0.29) is 11.4 Å². The standard InChI is InChI=1S/C27H33BrClFN2O3S/c1-8-12-21(31-36(34)26(5,6)7)27(17-13-10-9-11-14-17)16-18-20(15-19(30)23(29)22(18)28)32(27)24(33)35-25(2,3)4/h8-11,13-15,21,31H,1,12,16H2,2-7H3/t21-,27-,36+/m0/s1. The smallest absolute Gasteiger partial charge is 0.415 e. The van der Waals surface area contributed by atoms with Crippen LogP contribution in [0, 0.1) is 5.82 Å². The van der Waals surface area contributed by atoms with E-state index in [0.29, 0.717) is 22.1 Å². The first kappa shape index (κ1) is 29.0. The van der Waals surface area contributed by atoms with Gasteiger partial charge in [0.2, 0.25) is 0 Å². The van der Waals surface area contributed by atoms with Crippen molar-refractivity contribution in [2.75, 3.05) is 4.90 Å². The SMILES string of the molecule is C=CC[C@H](N[S@+]([O-])C(C)(C)C)[C@@]1(c2ccccc2)Cc2c(cc(F)c(Cl)c2Br)N1C(=O)OC(C)(C)C. The van der Waals surface area contributed by atoms with Gasteiger partial charge in [-0.25, -0.2) is 9.18 Å². The molecule has 3 atom stereocenters. The second kappa shape index (κ2) is 10.7. The van der Waals surface area contributed by atoms with Crippen molar-refractivity contribution < 1.29 is 18.5 Å². The summed E-state index contributed by atoms with van der Waals surface area (Å²) in [6.45, 7) is 14.9. The maximum absolute atomic E-state index is 15.0. The molecule has 0 aromatic heterocycles. The highest BCUT2D eigenvalue weighted by Gasteiger charge is 2.56. The van der Waals surface area contributed by atoms with E-state index in [1.54, 1.807) is 26.8 Å². The second-order valence-electron chi connectivity index (χ2n) is 10.8. The van der Waals surface area contributed by atoms with Gasteiger partial charge >= 0.3 is 6.09 Å².